The summed E-state index contributed by atoms with van der Waals surface area (Å²) < 4.78 is 5.33. The van der Waals surface area contributed by atoms with E-state index in [1.54, 1.807) is 6.07 Å². The van der Waals surface area contributed by atoms with Gasteiger partial charge in [0.1, 0.15) is 10.7 Å². The number of ketones is 1. The van der Waals surface area contributed by atoms with Crippen LogP contribution in [0.1, 0.15) is 16.6 Å². The van der Waals surface area contributed by atoms with Crippen molar-refractivity contribution in [1.82, 2.24) is 0 Å². The molecule has 3 rings (SSSR count). The van der Waals surface area contributed by atoms with Crippen LogP contribution in [0.4, 0.5) is 27.8 Å². The van der Waals surface area contributed by atoms with Crippen molar-refractivity contribution in [2.45, 2.75) is 6.92 Å². The van der Waals surface area contributed by atoms with E-state index in [-0.39, 0.29) is 11.5 Å². The van der Waals surface area contributed by atoms with E-state index in [1.165, 1.54) is 24.3 Å². The number of Topliss-reactive ketones (excluding diaryl/α,β-unsaturated/α-hetero) is 1. The molecule has 0 atom stereocenters. The van der Waals surface area contributed by atoms with Gasteiger partial charge in [0, 0.05) is 19.2 Å². The number of carbonyl (C=O) groups is 1. The van der Waals surface area contributed by atoms with Crippen LogP contribution in [-0.4, -0.2) is 41.9 Å². The van der Waals surface area contributed by atoms with Crippen LogP contribution in [-0.2, 0) is 4.74 Å². The van der Waals surface area contributed by atoms with Crippen molar-refractivity contribution in [3.8, 4) is 0 Å². The third-order valence-corrected chi connectivity index (χ3v) is 5.26. The molecule has 1 aliphatic rings. The molecular weight excluding hydrogens is 390 g/mol. The van der Waals surface area contributed by atoms with Gasteiger partial charge in [0.05, 0.1) is 34.0 Å². The van der Waals surface area contributed by atoms with Gasteiger partial charge in [-0.15, -0.1) is 21.6 Å². The first-order chi connectivity index (χ1) is 13.4. The van der Waals surface area contributed by atoms with Crippen molar-refractivity contribution in [2.75, 3.05) is 31.2 Å². The standard InChI is InChI=1S/C16H15N5O6S/c1-10(22)15-9-13(16(28-15)19-4-6-27-7-5-19)18-17-12-3-2-11(20(23)24)8-14(12)21(25)26/h2-3,8-9H,4-7H2,1H3. The van der Waals surface area contributed by atoms with Crippen molar-refractivity contribution >= 4 is 44.9 Å². The van der Waals surface area contributed by atoms with Gasteiger partial charge in [-0.25, -0.2) is 0 Å². The fraction of sp³-hybridized carbons (Fsp3) is 0.312. The molecule has 146 valence electrons. The topological polar surface area (TPSA) is 141 Å². The maximum atomic E-state index is 11.8. The minimum absolute atomic E-state index is 0.112. The lowest BCUT2D eigenvalue weighted by Crippen LogP contribution is -2.35. The van der Waals surface area contributed by atoms with Gasteiger partial charge in [0.15, 0.2) is 11.5 Å². The van der Waals surface area contributed by atoms with Gasteiger partial charge in [-0.05, 0) is 19.1 Å². The molecular formula is C16H15N5O6S. The normalized spacial score (nSPS) is 14.4. The second-order valence-corrected chi connectivity index (χ2v) is 6.87. The Kier molecular flexibility index (Phi) is 5.70. The molecule has 0 aliphatic carbocycles. The van der Waals surface area contributed by atoms with Gasteiger partial charge in [0.25, 0.3) is 5.69 Å². The highest BCUT2D eigenvalue weighted by molar-refractivity contribution is 7.18. The lowest BCUT2D eigenvalue weighted by Gasteiger charge is -2.27. The highest BCUT2D eigenvalue weighted by Gasteiger charge is 2.22. The van der Waals surface area contributed by atoms with Gasteiger partial charge in [-0.3, -0.25) is 25.0 Å². The molecule has 0 N–H and O–H groups in total. The molecule has 2 heterocycles. The predicted octanol–water partition coefficient (Wildman–Crippen LogP) is 4.02. The van der Waals surface area contributed by atoms with Crippen molar-refractivity contribution in [3.05, 3.63) is 49.4 Å². The van der Waals surface area contributed by atoms with Crippen LogP contribution in [0.2, 0.25) is 0 Å². The molecule has 1 saturated heterocycles. The van der Waals surface area contributed by atoms with Crippen LogP contribution in [0.5, 0.6) is 0 Å². The van der Waals surface area contributed by atoms with E-state index < -0.39 is 21.2 Å². The molecule has 2 aromatic rings. The Morgan fingerprint density at radius 1 is 1.11 bits per heavy atom. The number of anilines is 1. The number of hydrogen-bond acceptors (Lipinski definition) is 10. The Morgan fingerprint density at radius 3 is 2.39 bits per heavy atom. The van der Waals surface area contributed by atoms with E-state index >= 15 is 0 Å². The summed E-state index contributed by atoms with van der Waals surface area (Å²) in [7, 11) is 0. The first-order valence-electron chi connectivity index (χ1n) is 8.19. The van der Waals surface area contributed by atoms with E-state index in [0.717, 1.165) is 17.1 Å². The smallest absolute Gasteiger partial charge is 0.303 e. The number of ether oxygens (including phenoxy) is 1. The largest absolute Gasteiger partial charge is 0.378 e. The Balaban J connectivity index is 1.98. The van der Waals surface area contributed by atoms with Gasteiger partial charge >= 0.3 is 5.69 Å². The number of nitro groups is 2. The molecule has 0 amide bonds. The fourth-order valence-electron chi connectivity index (χ4n) is 2.57. The number of benzene rings is 1. The van der Waals surface area contributed by atoms with Gasteiger partial charge < -0.3 is 9.64 Å². The minimum atomic E-state index is -0.751. The number of nitrogens with zero attached hydrogens (tertiary/aromatic N) is 5. The summed E-state index contributed by atoms with van der Waals surface area (Å²) in [6, 6.07) is 4.72. The van der Waals surface area contributed by atoms with E-state index in [1.807, 2.05) is 4.90 Å². The van der Waals surface area contributed by atoms with E-state index in [2.05, 4.69) is 10.2 Å². The molecule has 1 fully saturated rings. The average molecular weight is 405 g/mol. The molecule has 28 heavy (non-hydrogen) atoms. The lowest BCUT2D eigenvalue weighted by atomic mass is 10.2. The second-order valence-electron chi connectivity index (χ2n) is 5.84. The summed E-state index contributed by atoms with van der Waals surface area (Å²) in [6.45, 7) is 3.77. The predicted molar refractivity (Wildman–Crippen MR) is 101 cm³/mol. The van der Waals surface area contributed by atoms with Crippen LogP contribution < -0.4 is 4.90 Å². The van der Waals surface area contributed by atoms with Crippen LogP contribution in [0.3, 0.4) is 0 Å². The molecule has 0 radical (unpaired) electrons. The first-order valence-corrected chi connectivity index (χ1v) is 9.00. The molecule has 1 aliphatic heterocycles. The van der Waals surface area contributed by atoms with Crippen LogP contribution in [0, 0.1) is 20.2 Å². The third-order valence-electron chi connectivity index (χ3n) is 3.97. The molecule has 0 bridgehead atoms. The summed E-state index contributed by atoms with van der Waals surface area (Å²) in [6.07, 6.45) is 0. The Bertz CT molecular complexity index is 966. The minimum Gasteiger partial charge on any atom is -0.378 e. The Hall–Kier alpha value is -3.25. The number of azo groups is 1. The summed E-state index contributed by atoms with van der Waals surface area (Å²) in [5.74, 6) is -0.123. The fourth-order valence-corrected chi connectivity index (χ4v) is 3.61. The summed E-state index contributed by atoms with van der Waals surface area (Å²) >= 11 is 1.27. The molecule has 0 unspecified atom stereocenters. The quantitative estimate of drug-likeness (QED) is 0.306. The summed E-state index contributed by atoms with van der Waals surface area (Å²) in [5.41, 5.74) is -0.634. The zero-order valence-corrected chi connectivity index (χ0v) is 15.5. The highest BCUT2D eigenvalue weighted by atomic mass is 32.1. The zero-order chi connectivity index (χ0) is 20.3. The number of rotatable bonds is 6. The monoisotopic (exact) mass is 405 g/mol. The molecule has 0 spiro atoms. The lowest BCUT2D eigenvalue weighted by molar-refractivity contribution is -0.393. The molecule has 1 aromatic carbocycles. The van der Waals surface area contributed by atoms with Crippen LogP contribution >= 0.6 is 11.3 Å². The summed E-state index contributed by atoms with van der Waals surface area (Å²) in [5, 5.41) is 30.8. The van der Waals surface area contributed by atoms with Gasteiger partial charge in [-0.2, -0.15) is 0 Å². The van der Waals surface area contributed by atoms with Crippen molar-refractivity contribution in [2.24, 2.45) is 10.2 Å². The SMILES string of the molecule is CC(=O)c1cc(N=Nc2ccc([N+](=O)[O-])cc2[N+](=O)[O-])c(N2CCOCC2)s1. The Labute approximate surface area is 162 Å². The van der Waals surface area contributed by atoms with Crippen molar-refractivity contribution in [1.29, 1.82) is 0 Å². The third kappa shape index (κ3) is 4.18. The molecule has 12 heteroatoms. The number of nitro benzene ring substituents is 2. The van der Waals surface area contributed by atoms with Gasteiger partial charge in [-0.1, -0.05) is 0 Å². The first kappa shape index (κ1) is 19.5. The average Bonchev–Trinajstić information content (AvgIpc) is 3.11. The second kappa shape index (κ2) is 8.19. The number of hydrogen-bond donors (Lipinski definition) is 0. The summed E-state index contributed by atoms with van der Waals surface area (Å²) in [4.78, 5) is 34.9. The highest BCUT2D eigenvalue weighted by Crippen LogP contribution is 2.40. The molecule has 0 saturated carbocycles. The number of morpholine rings is 1. The number of thiophene rings is 1. The van der Waals surface area contributed by atoms with Crippen LogP contribution in [0.25, 0.3) is 0 Å². The number of carbonyl (C=O) groups excluding carboxylic acids is 1. The zero-order valence-electron chi connectivity index (χ0n) is 14.7. The molecule has 1 aromatic heterocycles. The van der Waals surface area contributed by atoms with E-state index in [4.69, 9.17) is 4.74 Å². The van der Waals surface area contributed by atoms with Gasteiger partial charge in [0.2, 0.25) is 0 Å². The van der Waals surface area contributed by atoms with Crippen molar-refractivity contribution < 1.29 is 19.4 Å². The van der Waals surface area contributed by atoms with Crippen LogP contribution in [0.15, 0.2) is 34.5 Å². The number of non-ortho nitro benzene ring substituents is 1. The Morgan fingerprint density at radius 2 is 1.79 bits per heavy atom. The maximum absolute atomic E-state index is 11.8. The van der Waals surface area contributed by atoms with E-state index in [0.29, 0.717) is 36.9 Å². The van der Waals surface area contributed by atoms with Crippen molar-refractivity contribution in [3.63, 3.8) is 0 Å². The molecule has 11 nitrogen and oxygen atoms in total. The maximum Gasteiger partial charge on any atom is 0.303 e. The van der Waals surface area contributed by atoms with E-state index in [9.17, 15) is 25.0 Å².